The molecule has 0 heterocycles. The fourth-order valence-electron chi connectivity index (χ4n) is 3.71. The first-order valence-corrected chi connectivity index (χ1v) is 11.5. The summed E-state index contributed by atoms with van der Waals surface area (Å²) in [6, 6.07) is 28.5. The number of nitrogen functional groups attached to an aromatic ring is 1. The molecule has 0 saturated carbocycles. The predicted molar refractivity (Wildman–Crippen MR) is 148 cm³/mol. The summed E-state index contributed by atoms with van der Waals surface area (Å²) in [6.07, 6.45) is 1.76. The number of benzene rings is 4. The minimum Gasteiger partial charge on any atom is -0.493 e. The van der Waals surface area contributed by atoms with E-state index in [1.807, 2.05) is 30.3 Å². The van der Waals surface area contributed by atoms with Gasteiger partial charge in [-0.15, -0.1) is 0 Å². The van der Waals surface area contributed by atoms with Crippen molar-refractivity contribution < 1.29 is 19.1 Å². The van der Waals surface area contributed by atoms with Crippen LogP contribution in [-0.2, 0) is 4.79 Å². The molecule has 0 fully saturated rings. The largest absolute Gasteiger partial charge is 0.493 e. The number of carbonyl (C=O) groups is 2. The molecule has 0 unspecified atom stereocenters. The Hall–Kier alpha value is -5.04. The lowest BCUT2D eigenvalue weighted by Crippen LogP contribution is -2.14. The number of anilines is 3. The van der Waals surface area contributed by atoms with Crippen LogP contribution < -0.4 is 25.8 Å². The van der Waals surface area contributed by atoms with Gasteiger partial charge in [0.1, 0.15) is 0 Å². The average Bonchev–Trinajstić information content (AvgIpc) is 2.93. The third-order valence-electron chi connectivity index (χ3n) is 5.66. The first-order valence-electron chi connectivity index (χ1n) is 11.5. The zero-order valence-corrected chi connectivity index (χ0v) is 20.5. The van der Waals surface area contributed by atoms with Gasteiger partial charge >= 0.3 is 0 Å². The summed E-state index contributed by atoms with van der Waals surface area (Å²) in [5.41, 5.74) is 9.89. The second-order valence-corrected chi connectivity index (χ2v) is 8.11. The molecule has 4 aromatic carbocycles. The molecule has 37 heavy (non-hydrogen) atoms. The second kappa shape index (κ2) is 11.6. The summed E-state index contributed by atoms with van der Waals surface area (Å²) in [5, 5.41) is 5.75. The standard InChI is InChI=1S/C30H27N3O4/c1-36-27-17-16-22(19-28(27)37-2)24(30(35)32-23-8-4-3-5-9-23)18-20-12-14-21(15-13-20)29(34)33-26-11-7-6-10-25(26)31/h3-19H,31H2,1-2H3,(H,32,35)(H,33,34)/b24-18+. The summed E-state index contributed by atoms with van der Waals surface area (Å²) in [4.78, 5) is 26.0. The summed E-state index contributed by atoms with van der Waals surface area (Å²) < 4.78 is 10.8. The van der Waals surface area contributed by atoms with Crippen LogP contribution in [0.25, 0.3) is 11.6 Å². The number of hydrogen-bond acceptors (Lipinski definition) is 5. The maximum absolute atomic E-state index is 13.4. The number of methoxy groups -OCH3 is 2. The Morgan fingerprint density at radius 1 is 0.730 bits per heavy atom. The minimum absolute atomic E-state index is 0.282. The maximum Gasteiger partial charge on any atom is 0.256 e. The van der Waals surface area contributed by atoms with E-state index in [2.05, 4.69) is 10.6 Å². The van der Waals surface area contributed by atoms with E-state index in [4.69, 9.17) is 15.2 Å². The molecule has 0 aromatic heterocycles. The van der Waals surface area contributed by atoms with E-state index in [9.17, 15) is 9.59 Å². The van der Waals surface area contributed by atoms with Crippen LogP contribution in [0.5, 0.6) is 11.5 Å². The molecule has 0 aliphatic rings. The topological polar surface area (TPSA) is 103 Å². The summed E-state index contributed by atoms with van der Waals surface area (Å²) in [5.74, 6) is 0.490. The Labute approximate surface area is 215 Å². The van der Waals surface area contributed by atoms with Gasteiger partial charge in [0.25, 0.3) is 11.8 Å². The number of para-hydroxylation sites is 3. The van der Waals surface area contributed by atoms with Gasteiger partial charge in [-0.25, -0.2) is 0 Å². The molecule has 0 bridgehead atoms. The van der Waals surface area contributed by atoms with Gasteiger partial charge < -0.3 is 25.8 Å². The van der Waals surface area contributed by atoms with Gasteiger partial charge in [0, 0.05) is 16.8 Å². The molecule has 2 amide bonds. The first-order chi connectivity index (χ1) is 18.0. The van der Waals surface area contributed by atoms with Crippen LogP contribution in [0.15, 0.2) is 97.1 Å². The first kappa shape index (κ1) is 25.1. The van der Waals surface area contributed by atoms with Crippen molar-refractivity contribution in [3.05, 3.63) is 114 Å². The van der Waals surface area contributed by atoms with Crippen molar-refractivity contribution in [2.24, 2.45) is 0 Å². The molecule has 0 aliphatic carbocycles. The van der Waals surface area contributed by atoms with Crippen LogP contribution in [-0.4, -0.2) is 26.0 Å². The van der Waals surface area contributed by atoms with Crippen molar-refractivity contribution in [1.29, 1.82) is 0 Å². The monoisotopic (exact) mass is 493 g/mol. The highest BCUT2D eigenvalue weighted by atomic mass is 16.5. The van der Waals surface area contributed by atoms with Gasteiger partial charge in [0.15, 0.2) is 11.5 Å². The van der Waals surface area contributed by atoms with Gasteiger partial charge in [-0.05, 0) is 65.7 Å². The van der Waals surface area contributed by atoms with Crippen LogP contribution in [0, 0.1) is 0 Å². The lowest BCUT2D eigenvalue weighted by atomic mass is 10.0. The summed E-state index contributed by atoms with van der Waals surface area (Å²) in [6.45, 7) is 0. The zero-order valence-electron chi connectivity index (χ0n) is 20.5. The lowest BCUT2D eigenvalue weighted by Gasteiger charge is -2.13. The molecule has 7 nitrogen and oxygen atoms in total. The van der Waals surface area contributed by atoms with Crippen LogP contribution >= 0.6 is 0 Å². The van der Waals surface area contributed by atoms with Gasteiger partial charge in [0.2, 0.25) is 0 Å². The number of nitrogens with one attached hydrogen (secondary N) is 2. The highest BCUT2D eigenvalue weighted by Gasteiger charge is 2.16. The Balaban J connectivity index is 1.64. The molecule has 4 rings (SSSR count). The van der Waals surface area contributed by atoms with Crippen LogP contribution in [0.1, 0.15) is 21.5 Å². The molecule has 7 heteroatoms. The van der Waals surface area contributed by atoms with Crippen molar-refractivity contribution in [1.82, 2.24) is 0 Å². The minimum atomic E-state index is -0.292. The highest BCUT2D eigenvalue weighted by molar-refractivity contribution is 6.29. The lowest BCUT2D eigenvalue weighted by molar-refractivity contribution is -0.111. The van der Waals surface area contributed by atoms with Crippen LogP contribution in [0.4, 0.5) is 17.1 Å². The highest BCUT2D eigenvalue weighted by Crippen LogP contribution is 2.32. The van der Waals surface area contributed by atoms with E-state index in [1.54, 1.807) is 87.0 Å². The summed E-state index contributed by atoms with van der Waals surface area (Å²) in [7, 11) is 3.10. The Bertz CT molecular complexity index is 1430. The second-order valence-electron chi connectivity index (χ2n) is 8.11. The number of nitrogens with two attached hydrogens (primary N) is 1. The Kier molecular flexibility index (Phi) is 7.85. The fourth-order valence-corrected chi connectivity index (χ4v) is 3.71. The number of carbonyl (C=O) groups excluding carboxylic acids is 2. The summed E-state index contributed by atoms with van der Waals surface area (Å²) >= 11 is 0. The molecular weight excluding hydrogens is 466 g/mol. The van der Waals surface area contributed by atoms with E-state index >= 15 is 0 Å². The van der Waals surface area contributed by atoms with Crippen molar-refractivity contribution >= 4 is 40.5 Å². The molecule has 0 spiro atoms. The molecule has 4 N–H and O–H groups in total. The third-order valence-corrected chi connectivity index (χ3v) is 5.66. The normalized spacial score (nSPS) is 10.9. The molecule has 0 radical (unpaired) electrons. The SMILES string of the molecule is COc1ccc(/C(=C\c2ccc(C(=O)Nc3ccccc3N)cc2)C(=O)Nc2ccccc2)cc1OC. The van der Waals surface area contributed by atoms with Gasteiger partial charge in [-0.3, -0.25) is 9.59 Å². The van der Waals surface area contributed by atoms with E-state index in [0.717, 1.165) is 5.56 Å². The van der Waals surface area contributed by atoms with Crippen molar-refractivity contribution in [2.45, 2.75) is 0 Å². The smallest absolute Gasteiger partial charge is 0.256 e. The Morgan fingerprint density at radius 3 is 2.05 bits per heavy atom. The zero-order chi connectivity index (χ0) is 26.2. The van der Waals surface area contributed by atoms with Crippen molar-refractivity contribution in [2.75, 3.05) is 30.6 Å². The van der Waals surface area contributed by atoms with Gasteiger partial charge in [0.05, 0.1) is 25.6 Å². The predicted octanol–water partition coefficient (Wildman–Crippen LogP) is 5.72. The van der Waals surface area contributed by atoms with Crippen molar-refractivity contribution in [3.63, 3.8) is 0 Å². The molecule has 0 aliphatic heterocycles. The third kappa shape index (κ3) is 6.15. The maximum atomic E-state index is 13.4. The van der Waals surface area contributed by atoms with Crippen LogP contribution in [0.2, 0.25) is 0 Å². The molecule has 0 saturated heterocycles. The molecule has 186 valence electrons. The number of rotatable bonds is 8. The number of ether oxygens (including phenoxy) is 2. The molecule has 0 atom stereocenters. The van der Waals surface area contributed by atoms with E-state index in [0.29, 0.717) is 45.3 Å². The molecular formula is C30H27N3O4. The molecule has 4 aromatic rings. The van der Waals surface area contributed by atoms with Crippen molar-refractivity contribution in [3.8, 4) is 11.5 Å². The van der Waals surface area contributed by atoms with Crippen LogP contribution in [0.3, 0.4) is 0 Å². The van der Waals surface area contributed by atoms with E-state index < -0.39 is 0 Å². The fraction of sp³-hybridized carbons (Fsp3) is 0.0667. The van der Waals surface area contributed by atoms with E-state index in [-0.39, 0.29) is 11.8 Å². The number of hydrogen-bond donors (Lipinski definition) is 3. The van der Waals surface area contributed by atoms with E-state index in [1.165, 1.54) is 0 Å². The van der Waals surface area contributed by atoms with Gasteiger partial charge in [-0.2, -0.15) is 0 Å². The Morgan fingerprint density at radius 2 is 1.38 bits per heavy atom. The number of amides is 2. The average molecular weight is 494 g/mol. The quantitative estimate of drug-likeness (QED) is 0.166. The van der Waals surface area contributed by atoms with Gasteiger partial charge in [-0.1, -0.05) is 48.5 Å².